The van der Waals surface area contributed by atoms with Gasteiger partial charge < -0.3 is 19.7 Å². The van der Waals surface area contributed by atoms with Gasteiger partial charge in [-0.05, 0) is 86.8 Å². The van der Waals surface area contributed by atoms with E-state index in [4.69, 9.17) is 9.47 Å². The number of fused-ring (bicyclic) bond motifs is 1. The molecular formula is C41H35N5O6S. The Kier molecular flexibility index (Phi) is 9.59. The van der Waals surface area contributed by atoms with Gasteiger partial charge in [-0.1, -0.05) is 91.5 Å². The van der Waals surface area contributed by atoms with Gasteiger partial charge in [0.2, 0.25) is 5.16 Å². The molecule has 0 radical (unpaired) electrons. The number of hydrogen-bond donors (Lipinski definition) is 2. The van der Waals surface area contributed by atoms with E-state index < -0.39 is 6.29 Å². The van der Waals surface area contributed by atoms with Gasteiger partial charge in [0.05, 0.1) is 42.2 Å². The van der Waals surface area contributed by atoms with Gasteiger partial charge in [-0.25, -0.2) is 0 Å². The van der Waals surface area contributed by atoms with Crippen molar-refractivity contribution in [1.29, 1.82) is 0 Å². The predicted octanol–water partition coefficient (Wildman–Crippen LogP) is 6.91. The second kappa shape index (κ2) is 14.8. The second-order valence-corrected chi connectivity index (χ2v) is 14.1. The highest BCUT2D eigenvalue weighted by Gasteiger charge is 2.39. The summed E-state index contributed by atoms with van der Waals surface area (Å²) in [5.74, 6) is 0.0546. The molecule has 1 saturated heterocycles. The van der Waals surface area contributed by atoms with E-state index in [1.54, 1.807) is 53.2 Å². The lowest BCUT2D eigenvalue weighted by Crippen LogP contribution is -2.38. The van der Waals surface area contributed by atoms with Crippen LogP contribution in [0.1, 0.15) is 62.3 Å². The summed E-state index contributed by atoms with van der Waals surface area (Å²) >= 11 is 1.47. The Morgan fingerprint density at radius 2 is 1.45 bits per heavy atom. The summed E-state index contributed by atoms with van der Waals surface area (Å²) in [5.41, 5.74) is 6.90. The van der Waals surface area contributed by atoms with E-state index in [0.717, 1.165) is 39.1 Å². The quantitative estimate of drug-likeness (QED) is 0.113. The monoisotopic (exact) mass is 725 g/mol. The summed E-state index contributed by atoms with van der Waals surface area (Å²) < 4.78 is 15.1. The van der Waals surface area contributed by atoms with Crippen LogP contribution in [0, 0.1) is 5.92 Å². The molecule has 0 bridgehead atoms. The molecule has 0 saturated carbocycles. The molecule has 2 N–H and O–H groups in total. The molecule has 4 unspecified atom stereocenters. The van der Waals surface area contributed by atoms with Gasteiger partial charge in [0.25, 0.3) is 11.8 Å². The zero-order valence-electron chi connectivity index (χ0n) is 28.6. The van der Waals surface area contributed by atoms with Crippen molar-refractivity contribution in [3.8, 4) is 22.6 Å². The lowest BCUT2D eigenvalue weighted by atomic mass is 9.91. The minimum Gasteiger partial charge on any atom is -0.508 e. The van der Waals surface area contributed by atoms with Gasteiger partial charge in [0.15, 0.2) is 6.29 Å². The van der Waals surface area contributed by atoms with Crippen molar-refractivity contribution in [2.75, 3.05) is 5.75 Å². The molecule has 1 fully saturated rings. The lowest BCUT2D eigenvalue weighted by Gasteiger charge is -2.41. The fraction of sp³-hybridized carbons (Fsp3) is 0.195. The fourth-order valence-corrected chi connectivity index (χ4v) is 7.82. The van der Waals surface area contributed by atoms with Crippen molar-refractivity contribution in [3.63, 3.8) is 0 Å². The van der Waals surface area contributed by atoms with Crippen LogP contribution in [-0.4, -0.2) is 59.0 Å². The molecule has 12 heteroatoms. The smallest absolute Gasteiger partial charge is 0.261 e. The number of ether oxygens (including phenoxy) is 2. The first-order valence-electron chi connectivity index (χ1n) is 17.2. The topological polar surface area (TPSA) is 140 Å². The number of amides is 2. The number of imide groups is 1. The third-order valence-corrected chi connectivity index (χ3v) is 10.7. The van der Waals surface area contributed by atoms with Crippen molar-refractivity contribution >= 4 is 23.6 Å². The van der Waals surface area contributed by atoms with E-state index in [2.05, 4.69) is 22.4 Å². The van der Waals surface area contributed by atoms with E-state index in [1.807, 2.05) is 72.8 Å². The maximum atomic E-state index is 13.0. The van der Waals surface area contributed by atoms with Crippen molar-refractivity contribution in [2.24, 2.45) is 5.92 Å². The normalized spacial score (nSPS) is 19.8. The predicted molar refractivity (Wildman–Crippen MR) is 197 cm³/mol. The number of tetrazole rings is 1. The number of nitrogens with zero attached hydrogens (tertiary/aromatic N) is 5. The SMILES string of the molecule is CC1C(CSc2nnnn2-c2ccc(O)cc2)OC(c2cccc(-c3cccc(CN4C(=O)c5ccccc5C4=O)c3)c2)OC1c1ccc(CO)cc1. The number of carbonyl (C=O) groups is 2. The zero-order chi connectivity index (χ0) is 36.5. The Hall–Kier alpha value is -5.66. The Balaban J connectivity index is 1.05. The van der Waals surface area contributed by atoms with E-state index >= 15 is 0 Å². The molecule has 1 aromatic heterocycles. The molecule has 266 valence electrons. The number of phenolic OH excluding ortho intramolecular Hbond substituents is 1. The zero-order valence-corrected chi connectivity index (χ0v) is 29.5. The minimum atomic E-state index is -0.700. The number of aromatic nitrogens is 4. The van der Waals surface area contributed by atoms with Gasteiger partial charge in [-0.3, -0.25) is 14.5 Å². The molecule has 5 aromatic carbocycles. The number of aliphatic hydroxyl groups is 1. The van der Waals surface area contributed by atoms with Crippen LogP contribution in [0.15, 0.2) is 126 Å². The maximum absolute atomic E-state index is 13.0. The summed E-state index contributed by atoms with van der Waals surface area (Å²) in [6, 6.07) is 37.2. The van der Waals surface area contributed by atoms with Gasteiger partial charge >= 0.3 is 0 Å². The summed E-state index contributed by atoms with van der Waals surface area (Å²) in [6.07, 6.45) is -1.28. The van der Waals surface area contributed by atoms with Crippen molar-refractivity contribution in [3.05, 3.63) is 155 Å². The molecule has 6 aromatic rings. The van der Waals surface area contributed by atoms with Crippen LogP contribution in [0.3, 0.4) is 0 Å². The van der Waals surface area contributed by atoms with Crippen molar-refractivity contribution < 1.29 is 29.3 Å². The Morgan fingerprint density at radius 1 is 0.755 bits per heavy atom. The summed E-state index contributed by atoms with van der Waals surface area (Å²) in [4.78, 5) is 27.4. The molecule has 3 heterocycles. The molecule has 53 heavy (non-hydrogen) atoms. The molecule has 0 spiro atoms. The van der Waals surface area contributed by atoms with Crippen LogP contribution in [0.5, 0.6) is 5.75 Å². The molecule has 2 amide bonds. The first-order chi connectivity index (χ1) is 25.9. The summed E-state index contributed by atoms with van der Waals surface area (Å²) in [6.45, 7) is 2.22. The first-order valence-corrected chi connectivity index (χ1v) is 18.2. The first kappa shape index (κ1) is 34.4. The molecule has 11 nitrogen and oxygen atoms in total. The van der Waals surface area contributed by atoms with Gasteiger partial charge in [0, 0.05) is 17.2 Å². The van der Waals surface area contributed by atoms with Crippen LogP contribution in [0.25, 0.3) is 16.8 Å². The Labute approximate surface area is 309 Å². The van der Waals surface area contributed by atoms with E-state index in [1.165, 1.54) is 16.7 Å². The second-order valence-electron chi connectivity index (χ2n) is 13.1. The maximum Gasteiger partial charge on any atom is 0.261 e. The molecular weight excluding hydrogens is 691 g/mol. The number of thioether (sulfide) groups is 1. The molecule has 0 aliphatic carbocycles. The lowest BCUT2D eigenvalue weighted by molar-refractivity contribution is -0.268. The highest BCUT2D eigenvalue weighted by atomic mass is 32.2. The van der Waals surface area contributed by atoms with Crippen LogP contribution in [0.2, 0.25) is 0 Å². The average Bonchev–Trinajstić information content (AvgIpc) is 3.77. The molecule has 4 atom stereocenters. The van der Waals surface area contributed by atoms with Gasteiger partial charge in [0.1, 0.15) is 5.75 Å². The van der Waals surface area contributed by atoms with Crippen LogP contribution in [-0.2, 0) is 22.6 Å². The number of aromatic hydroxyl groups is 1. The third-order valence-electron chi connectivity index (χ3n) is 9.67. The van der Waals surface area contributed by atoms with Crippen LogP contribution in [0.4, 0.5) is 0 Å². The number of benzene rings is 5. The van der Waals surface area contributed by atoms with Crippen LogP contribution >= 0.6 is 11.8 Å². The largest absolute Gasteiger partial charge is 0.508 e. The highest BCUT2D eigenvalue weighted by Crippen LogP contribution is 2.43. The Bertz CT molecular complexity index is 2240. The summed E-state index contributed by atoms with van der Waals surface area (Å²) in [7, 11) is 0. The molecule has 2 aliphatic heterocycles. The van der Waals surface area contributed by atoms with Gasteiger partial charge in [-0.15, -0.1) is 5.10 Å². The van der Waals surface area contributed by atoms with E-state index in [0.29, 0.717) is 22.0 Å². The number of aliphatic hydroxyl groups excluding tert-OH is 1. The molecule has 8 rings (SSSR count). The third kappa shape index (κ3) is 6.97. The minimum absolute atomic E-state index is 0.0472. The van der Waals surface area contributed by atoms with Crippen LogP contribution < -0.4 is 0 Å². The number of rotatable bonds is 10. The fourth-order valence-electron chi connectivity index (χ4n) is 6.77. The van der Waals surface area contributed by atoms with Crippen molar-refractivity contribution in [2.45, 2.75) is 43.7 Å². The van der Waals surface area contributed by atoms with Crippen molar-refractivity contribution in [1.82, 2.24) is 25.1 Å². The van der Waals surface area contributed by atoms with E-state index in [9.17, 15) is 19.8 Å². The Morgan fingerprint density at radius 3 is 2.17 bits per heavy atom. The molecule has 2 aliphatic rings. The number of carbonyl (C=O) groups excluding carboxylic acids is 2. The number of hydrogen-bond acceptors (Lipinski definition) is 10. The standard InChI is InChI=1S/C41H35N5O6S/c1-25-36(24-53-41-42-43-44-46(41)32-16-18-33(48)19-17-32)51-40(52-37(25)28-14-12-26(23-47)13-15-28)31-9-5-8-30(21-31)29-7-4-6-27(20-29)22-45-38(49)34-10-2-3-11-35(34)39(45)50/h2-21,25,36-37,40,47-48H,22-24H2,1H3. The van der Waals surface area contributed by atoms with E-state index in [-0.39, 0.29) is 48.8 Å². The number of phenols is 1. The highest BCUT2D eigenvalue weighted by molar-refractivity contribution is 7.99. The van der Waals surface area contributed by atoms with Gasteiger partial charge in [-0.2, -0.15) is 4.68 Å². The summed E-state index contributed by atoms with van der Waals surface area (Å²) in [5, 5.41) is 32.3. The average molecular weight is 726 g/mol.